The first-order chi connectivity index (χ1) is 10.1. The monoisotopic (exact) mass is 292 g/mol. The van der Waals surface area contributed by atoms with Crippen molar-refractivity contribution in [1.29, 1.82) is 0 Å². The number of halogens is 1. The molecule has 1 saturated carbocycles. The van der Waals surface area contributed by atoms with E-state index in [0.29, 0.717) is 6.54 Å². The lowest BCUT2D eigenvalue weighted by molar-refractivity contribution is -0.109. The van der Waals surface area contributed by atoms with Crippen molar-refractivity contribution in [2.24, 2.45) is 0 Å². The molecule has 0 saturated heterocycles. The van der Waals surface area contributed by atoms with Crippen LogP contribution in [0.15, 0.2) is 18.2 Å². The number of hydrogen-bond donors (Lipinski definition) is 1. The van der Waals surface area contributed by atoms with Gasteiger partial charge < -0.3 is 10.2 Å². The van der Waals surface area contributed by atoms with Gasteiger partial charge in [-0.1, -0.05) is 12.1 Å². The average Bonchev–Trinajstić information content (AvgIpc) is 3.23. The van der Waals surface area contributed by atoms with Crippen LogP contribution in [-0.2, 0) is 10.2 Å². The molecule has 1 aromatic carbocycles. The second-order valence-corrected chi connectivity index (χ2v) is 6.22. The van der Waals surface area contributed by atoms with Crippen molar-refractivity contribution in [2.75, 3.05) is 26.7 Å². The molecule has 3 nitrogen and oxygen atoms in total. The molecule has 116 valence electrons. The van der Waals surface area contributed by atoms with Crippen molar-refractivity contribution in [1.82, 2.24) is 10.2 Å². The molecule has 2 rings (SSSR count). The lowest BCUT2D eigenvalue weighted by Crippen LogP contribution is -2.29. The summed E-state index contributed by atoms with van der Waals surface area (Å²) >= 11 is 0. The number of amides is 1. The van der Waals surface area contributed by atoms with E-state index in [9.17, 15) is 9.18 Å². The minimum atomic E-state index is -0.0872. The molecule has 1 fully saturated rings. The lowest BCUT2D eigenvalue weighted by Gasteiger charge is -2.20. The van der Waals surface area contributed by atoms with Crippen molar-refractivity contribution < 1.29 is 9.18 Å². The Kier molecular flexibility index (Phi) is 5.34. The highest BCUT2D eigenvalue weighted by Gasteiger charge is 2.43. The van der Waals surface area contributed by atoms with E-state index < -0.39 is 0 Å². The lowest BCUT2D eigenvalue weighted by atomic mass is 9.90. The maximum atomic E-state index is 13.7. The molecule has 1 aliphatic rings. The number of nitrogens with zero attached hydrogens (tertiary/aromatic N) is 1. The Morgan fingerprint density at radius 1 is 1.38 bits per heavy atom. The van der Waals surface area contributed by atoms with Crippen molar-refractivity contribution in [3.05, 3.63) is 35.1 Å². The van der Waals surface area contributed by atoms with Gasteiger partial charge in [-0.3, -0.25) is 4.79 Å². The van der Waals surface area contributed by atoms with Crippen LogP contribution in [0.3, 0.4) is 0 Å². The molecule has 0 heterocycles. The summed E-state index contributed by atoms with van der Waals surface area (Å²) in [7, 11) is 2.07. The second-order valence-electron chi connectivity index (χ2n) is 6.22. The summed E-state index contributed by atoms with van der Waals surface area (Å²) in [5.74, 6) is -0.0872. The number of aryl methyl sites for hydroxylation is 1. The molecule has 0 bridgehead atoms. The molecule has 0 spiro atoms. The van der Waals surface area contributed by atoms with E-state index >= 15 is 0 Å². The summed E-state index contributed by atoms with van der Waals surface area (Å²) < 4.78 is 13.7. The third-order valence-corrected chi connectivity index (χ3v) is 4.55. The Labute approximate surface area is 126 Å². The summed E-state index contributed by atoms with van der Waals surface area (Å²) in [5.41, 5.74) is 2.10. The smallest absolute Gasteiger partial charge is 0.207 e. The molecule has 1 amide bonds. The maximum absolute atomic E-state index is 13.7. The molecule has 0 atom stereocenters. The van der Waals surface area contributed by atoms with Crippen LogP contribution < -0.4 is 5.32 Å². The second kappa shape index (κ2) is 7.03. The summed E-state index contributed by atoms with van der Waals surface area (Å²) in [5, 5.41) is 2.67. The number of rotatable bonds is 9. The minimum Gasteiger partial charge on any atom is -0.357 e. The number of carbonyl (C=O) groups excluding carboxylic acids is 1. The first kappa shape index (κ1) is 16.0. The summed E-state index contributed by atoms with van der Waals surface area (Å²) in [6.07, 6.45) is 5.30. The van der Waals surface area contributed by atoms with Gasteiger partial charge in [0.1, 0.15) is 5.82 Å². The van der Waals surface area contributed by atoms with Crippen LogP contribution in [0.25, 0.3) is 0 Å². The molecule has 4 heteroatoms. The fraction of sp³-hybridized carbons (Fsp3) is 0.588. The molecule has 0 radical (unpaired) electrons. The molecule has 21 heavy (non-hydrogen) atoms. The van der Waals surface area contributed by atoms with Crippen LogP contribution >= 0.6 is 0 Å². The Bertz CT molecular complexity index is 486. The largest absolute Gasteiger partial charge is 0.357 e. The van der Waals surface area contributed by atoms with Crippen LogP contribution in [0.4, 0.5) is 4.39 Å². The van der Waals surface area contributed by atoms with Crippen LogP contribution in [0.2, 0.25) is 0 Å². The van der Waals surface area contributed by atoms with Gasteiger partial charge in [-0.2, -0.15) is 0 Å². The van der Waals surface area contributed by atoms with Gasteiger partial charge in [-0.05, 0) is 68.8 Å². The number of likely N-dealkylation sites (N-methyl/N-ethyl adjacent to an activating group) is 1. The van der Waals surface area contributed by atoms with Gasteiger partial charge in [-0.25, -0.2) is 4.39 Å². The fourth-order valence-electron chi connectivity index (χ4n) is 2.87. The Morgan fingerprint density at radius 2 is 2.14 bits per heavy atom. The number of benzene rings is 1. The van der Waals surface area contributed by atoms with Crippen molar-refractivity contribution in [2.45, 2.75) is 38.0 Å². The molecule has 0 unspecified atom stereocenters. The molecule has 1 aliphatic carbocycles. The van der Waals surface area contributed by atoms with Gasteiger partial charge in [0, 0.05) is 13.1 Å². The topological polar surface area (TPSA) is 32.3 Å². The SMILES string of the molecule is Cc1ccc(C2(CCCN(C)CCNC=O)CC2)cc1F. The molecule has 0 aliphatic heterocycles. The van der Waals surface area contributed by atoms with Gasteiger partial charge in [0.15, 0.2) is 0 Å². The van der Waals surface area contributed by atoms with Gasteiger partial charge in [0.05, 0.1) is 0 Å². The fourth-order valence-corrected chi connectivity index (χ4v) is 2.87. The third-order valence-electron chi connectivity index (χ3n) is 4.55. The number of carbonyl (C=O) groups is 1. The zero-order chi connectivity index (χ0) is 15.3. The third kappa shape index (κ3) is 4.27. The molecular formula is C17H25FN2O. The Hall–Kier alpha value is -1.42. The van der Waals surface area contributed by atoms with E-state index in [1.807, 2.05) is 6.07 Å². The van der Waals surface area contributed by atoms with Gasteiger partial charge in [0.2, 0.25) is 6.41 Å². The molecule has 1 aromatic rings. The quantitative estimate of drug-likeness (QED) is 0.560. The zero-order valence-corrected chi connectivity index (χ0v) is 13.0. The first-order valence-corrected chi connectivity index (χ1v) is 7.70. The summed E-state index contributed by atoms with van der Waals surface area (Å²) in [6.45, 7) is 4.37. The molecule has 1 N–H and O–H groups in total. The minimum absolute atomic E-state index is 0.0872. The average molecular weight is 292 g/mol. The predicted molar refractivity (Wildman–Crippen MR) is 82.8 cm³/mol. The number of nitrogens with one attached hydrogen (secondary N) is 1. The van der Waals surface area contributed by atoms with Gasteiger partial charge in [0.25, 0.3) is 0 Å². The van der Waals surface area contributed by atoms with Crippen LogP contribution in [-0.4, -0.2) is 38.0 Å². The van der Waals surface area contributed by atoms with Crippen LogP contribution in [0.1, 0.15) is 36.8 Å². The molecule has 0 aromatic heterocycles. The van der Waals surface area contributed by atoms with Gasteiger partial charge >= 0.3 is 0 Å². The van der Waals surface area contributed by atoms with E-state index in [1.54, 1.807) is 13.0 Å². The van der Waals surface area contributed by atoms with E-state index in [1.165, 1.54) is 12.8 Å². The van der Waals surface area contributed by atoms with E-state index in [-0.39, 0.29) is 11.2 Å². The van der Waals surface area contributed by atoms with Crippen LogP contribution in [0, 0.1) is 12.7 Å². The van der Waals surface area contributed by atoms with E-state index in [2.05, 4.69) is 23.3 Å². The maximum Gasteiger partial charge on any atom is 0.207 e. The highest BCUT2D eigenvalue weighted by atomic mass is 19.1. The summed E-state index contributed by atoms with van der Waals surface area (Å²) in [4.78, 5) is 12.4. The van der Waals surface area contributed by atoms with E-state index in [4.69, 9.17) is 0 Å². The highest BCUT2D eigenvalue weighted by Crippen LogP contribution is 2.51. The predicted octanol–water partition coefficient (Wildman–Crippen LogP) is 2.62. The highest BCUT2D eigenvalue weighted by molar-refractivity contribution is 5.45. The Morgan fingerprint density at radius 3 is 2.76 bits per heavy atom. The van der Waals surface area contributed by atoms with Gasteiger partial charge in [-0.15, -0.1) is 0 Å². The molecular weight excluding hydrogens is 267 g/mol. The zero-order valence-electron chi connectivity index (χ0n) is 13.0. The normalized spacial score (nSPS) is 16.0. The van der Waals surface area contributed by atoms with Crippen molar-refractivity contribution in [3.63, 3.8) is 0 Å². The van der Waals surface area contributed by atoms with Crippen molar-refractivity contribution >= 4 is 6.41 Å². The van der Waals surface area contributed by atoms with Crippen molar-refractivity contribution in [3.8, 4) is 0 Å². The number of hydrogen-bond acceptors (Lipinski definition) is 2. The Balaban J connectivity index is 1.79. The standard InChI is InChI=1S/C17H25FN2O/c1-14-4-5-15(12-16(14)18)17(7-8-17)6-3-10-20(2)11-9-19-13-21/h4-5,12-13H,3,6-11H2,1-2H3,(H,19,21). The summed E-state index contributed by atoms with van der Waals surface area (Å²) in [6, 6.07) is 5.70. The van der Waals surface area contributed by atoms with Crippen LogP contribution in [0.5, 0.6) is 0 Å². The van der Waals surface area contributed by atoms with E-state index in [0.717, 1.165) is 43.5 Å². The first-order valence-electron chi connectivity index (χ1n) is 7.70.